The fourth-order valence-corrected chi connectivity index (χ4v) is 4.76. The van der Waals surface area contributed by atoms with Crippen molar-refractivity contribution in [3.63, 3.8) is 0 Å². The van der Waals surface area contributed by atoms with Crippen LogP contribution in [-0.4, -0.2) is 38.9 Å². The Hall–Kier alpha value is -0.620. The molecule has 2 unspecified atom stereocenters. The lowest BCUT2D eigenvalue weighted by atomic mass is 9.90. The van der Waals surface area contributed by atoms with E-state index >= 15 is 0 Å². The molecule has 1 aromatic carbocycles. The molecule has 0 aliphatic carbocycles. The highest BCUT2D eigenvalue weighted by Gasteiger charge is 2.37. The third-order valence-electron chi connectivity index (χ3n) is 4.29. The van der Waals surface area contributed by atoms with Gasteiger partial charge in [-0.3, -0.25) is 0 Å². The van der Waals surface area contributed by atoms with Crippen LogP contribution in [0.15, 0.2) is 29.2 Å². The molecule has 0 bridgehead atoms. The zero-order chi connectivity index (χ0) is 13.5. The number of fused-ring (bicyclic) bond motifs is 1. The van der Waals surface area contributed by atoms with Crippen LogP contribution in [0.2, 0.25) is 0 Å². The molecule has 1 N–H and O–H groups in total. The van der Waals surface area contributed by atoms with Gasteiger partial charge in [-0.15, -0.1) is 12.4 Å². The first-order chi connectivity index (χ1) is 9.07. The lowest BCUT2D eigenvalue weighted by molar-refractivity contribution is 0.228. The van der Waals surface area contributed by atoms with Crippen molar-refractivity contribution in [1.29, 1.82) is 0 Å². The Morgan fingerprint density at radius 1 is 1.25 bits per heavy atom. The van der Waals surface area contributed by atoms with Gasteiger partial charge < -0.3 is 5.32 Å². The molecular formula is C14H21ClN2O2S. The minimum absolute atomic E-state index is 0. The van der Waals surface area contributed by atoms with Crippen molar-refractivity contribution < 1.29 is 8.42 Å². The first-order valence-electron chi connectivity index (χ1n) is 6.85. The Balaban J connectivity index is 0.00000147. The maximum Gasteiger partial charge on any atom is 0.243 e. The highest BCUT2D eigenvalue weighted by Crippen LogP contribution is 2.30. The van der Waals surface area contributed by atoms with Gasteiger partial charge in [0.1, 0.15) is 0 Å². The van der Waals surface area contributed by atoms with Crippen LogP contribution >= 0.6 is 12.4 Å². The minimum Gasteiger partial charge on any atom is -0.316 e. The largest absolute Gasteiger partial charge is 0.316 e. The van der Waals surface area contributed by atoms with Gasteiger partial charge in [-0.2, -0.15) is 4.31 Å². The molecule has 3 rings (SSSR count). The maximum atomic E-state index is 12.6. The summed E-state index contributed by atoms with van der Waals surface area (Å²) in [5.74, 6) is 1.14. The van der Waals surface area contributed by atoms with E-state index in [1.165, 1.54) is 0 Å². The minimum atomic E-state index is -3.32. The molecule has 112 valence electrons. The van der Waals surface area contributed by atoms with Crippen LogP contribution in [0, 0.1) is 18.8 Å². The lowest BCUT2D eigenvalue weighted by Crippen LogP contribution is -2.43. The standard InChI is InChI=1S/C14H20N2O2S.ClH/c1-11-3-2-4-14(7-11)19(17,18)16-6-5-12-8-15-9-13(12)10-16;/h2-4,7,12-13,15H,5-6,8-10H2,1H3;1H. The average molecular weight is 317 g/mol. The predicted octanol–water partition coefficient (Wildman–Crippen LogP) is 1.65. The maximum absolute atomic E-state index is 12.6. The lowest BCUT2D eigenvalue weighted by Gasteiger charge is -2.33. The molecule has 0 spiro atoms. The summed E-state index contributed by atoms with van der Waals surface area (Å²) in [5.41, 5.74) is 0.985. The van der Waals surface area contributed by atoms with Gasteiger partial charge in [0.15, 0.2) is 0 Å². The average Bonchev–Trinajstić information content (AvgIpc) is 2.85. The van der Waals surface area contributed by atoms with Gasteiger partial charge in [-0.25, -0.2) is 8.42 Å². The second kappa shape index (κ2) is 6.02. The zero-order valence-electron chi connectivity index (χ0n) is 11.6. The predicted molar refractivity (Wildman–Crippen MR) is 81.7 cm³/mol. The van der Waals surface area contributed by atoms with Gasteiger partial charge in [0.2, 0.25) is 10.0 Å². The summed E-state index contributed by atoms with van der Waals surface area (Å²) in [5, 5.41) is 3.36. The van der Waals surface area contributed by atoms with Crippen molar-refractivity contribution >= 4 is 22.4 Å². The van der Waals surface area contributed by atoms with Crippen LogP contribution in [0.4, 0.5) is 0 Å². The number of benzene rings is 1. The fourth-order valence-electron chi connectivity index (χ4n) is 3.14. The Kier molecular flexibility index (Phi) is 4.74. The van der Waals surface area contributed by atoms with Crippen LogP contribution in [0.5, 0.6) is 0 Å². The molecule has 0 radical (unpaired) electrons. The van der Waals surface area contributed by atoms with Crippen molar-refractivity contribution in [2.75, 3.05) is 26.2 Å². The molecule has 4 nitrogen and oxygen atoms in total. The fraction of sp³-hybridized carbons (Fsp3) is 0.571. The summed E-state index contributed by atoms with van der Waals surface area (Å²) >= 11 is 0. The molecule has 2 aliphatic rings. The molecule has 1 aromatic rings. The molecular weight excluding hydrogens is 296 g/mol. The van der Waals surface area contributed by atoms with Crippen LogP contribution in [-0.2, 0) is 10.0 Å². The van der Waals surface area contributed by atoms with Gasteiger partial charge in [0.25, 0.3) is 0 Å². The Morgan fingerprint density at radius 3 is 2.75 bits per heavy atom. The van der Waals surface area contributed by atoms with Crippen molar-refractivity contribution in [2.24, 2.45) is 11.8 Å². The molecule has 0 amide bonds. The smallest absolute Gasteiger partial charge is 0.243 e. The highest BCUT2D eigenvalue weighted by molar-refractivity contribution is 7.89. The summed E-state index contributed by atoms with van der Waals surface area (Å²) in [6.07, 6.45) is 0.975. The molecule has 20 heavy (non-hydrogen) atoms. The van der Waals surface area contributed by atoms with E-state index < -0.39 is 10.0 Å². The molecule has 2 saturated heterocycles. The number of nitrogens with zero attached hydrogens (tertiary/aromatic N) is 1. The van der Waals surface area contributed by atoms with Crippen LogP contribution in [0.25, 0.3) is 0 Å². The van der Waals surface area contributed by atoms with E-state index in [9.17, 15) is 8.42 Å². The Morgan fingerprint density at radius 2 is 2.00 bits per heavy atom. The number of hydrogen-bond donors (Lipinski definition) is 1. The Labute approximate surface area is 127 Å². The van der Waals surface area contributed by atoms with Crippen molar-refractivity contribution in [1.82, 2.24) is 9.62 Å². The number of piperidine rings is 1. The second-order valence-corrected chi connectivity index (χ2v) is 7.58. The van der Waals surface area contributed by atoms with Crippen LogP contribution in [0.3, 0.4) is 0 Å². The molecule has 2 atom stereocenters. The number of aryl methyl sites for hydroxylation is 1. The number of nitrogens with one attached hydrogen (secondary N) is 1. The summed E-state index contributed by atoms with van der Waals surface area (Å²) in [7, 11) is -3.32. The third kappa shape index (κ3) is 2.86. The summed E-state index contributed by atoms with van der Waals surface area (Å²) in [4.78, 5) is 0.428. The summed E-state index contributed by atoms with van der Waals surface area (Å²) in [6, 6.07) is 7.19. The SMILES string of the molecule is Cc1cccc(S(=O)(=O)N2CCC3CNCC3C2)c1.Cl. The van der Waals surface area contributed by atoms with Crippen LogP contribution < -0.4 is 5.32 Å². The number of hydrogen-bond acceptors (Lipinski definition) is 3. The van der Waals surface area contributed by atoms with Gasteiger partial charge in [-0.05, 0) is 56.0 Å². The number of halogens is 1. The Bertz CT molecular complexity index is 576. The molecule has 0 aromatic heterocycles. The molecule has 2 aliphatic heterocycles. The van der Waals surface area contributed by atoms with E-state index in [2.05, 4.69) is 5.32 Å². The normalized spacial score (nSPS) is 26.9. The van der Waals surface area contributed by atoms with Gasteiger partial charge >= 0.3 is 0 Å². The third-order valence-corrected chi connectivity index (χ3v) is 6.16. The van der Waals surface area contributed by atoms with E-state index in [0.29, 0.717) is 29.8 Å². The first kappa shape index (κ1) is 15.8. The molecule has 2 fully saturated rings. The first-order valence-corrected chi connectivity index (χ1v) is 8.29. The van der Waals surface area contributed by atoms with Crippen molar-refractivity contribution in [3.05, 3.63) is 29.8 Å². The van der Waals surface area contributed by atoms with E-state index in [0.717, 1.165) is 25.1 Å². The van der Waals surface area contributed by atoms with E-state index in [-0.39, 0.29) is 12.4 Å². The zero-order valence-corrected chi connectivity index (χ0v) is 13.2. The van der Waals surface area contributed by atoms with Crippen molar-refractivity contribution in [2.45, 2.75) is 18.2 Å². The topological polar surface area (TPSA) is 49.4 Å². The van der Waals surface area contributed by atoms with Gasteiger partial charge in [0, 0.05) is 13.1 Å². The summed E-state index contributed by atoms with van der Waals surface area (Å²) < 4.78 is 26.9. The molecule has 6 heteroatoms. The summed E-state index contributed by atoms with van der Waals surface area (Å²) in [6.45, 7) is 5.23. The second-order valence-electron chi connectivity index (χ2n) is 5.65. The molecule has 2 heterocycles. The van der Waals surface area contributed by atoms with E-state index in [1.54, 1.807) is 16.4 Å². The molecule has 0 saturated carbocycles. The van der Waals surface area contributed by atoms with Gasteiger partial charge in [0.05, 0.1) is 4.90 Å². The van der Waals surface area contributed by atoms with Crippen molar-refractivity contribution in [3.8, 4) is 0 Å². The van der Waals surface area contributed by atoms with E-state index in [4.69, 9.17) is 0 Å². The van der Waals surface area contributed by atoms with Gasteiger partial charge in [-0.1, -0.05) is 12.1 Å². The number of sulfonamides is 1. The highest BCUT2D eigenvalue weighted by atomic mass is 35.5. The van der Waals surface area contributed by atoms with E-state index in [1.807, 2.05) is 19.1 Å². The van der Waals surface area contributed by atoms with Crippen LogP contribution in [0.1, 0.15) is 12.0 Å². The quantitative estimate of drug-likeness (QED) is 0.902. The number of rotatable bonds is 2. The monoisotopic (exact) mass is 316 g/mol.